The van der Waals surface area contributed by atoms with E-state index < -0.39 is 12.1 Å². The fourth-order valence-electron chi connectivity index (χ4n) is 3.80. The van der Waals surface area contributed by atoms with E-state index in [2.05, 4.69) is 20.5 Å². The van der Waals surface area contributed by atoms with Gasteiger partial charge < -0.3 is 21.3 Å². The lowest BCUT2D eigenvalue weighted by molar-refractivity contribution is -0.127. The number of nitrogens with zero attached hydrogens (tertiary/aromatic N) is 2. The molecule has 1 heterocycles. The van der Waals surface area contributed by atoms with Crippen molar-refractivity contribution in [3.63, 3.8) is 0 Å². The van der Waals surface area contributed by atoms with E-state index in [0.717, 1.165) is 35.9 Å². The summed E-state index contributed by atoms with van der Waals surface area (Å²) in [4.78, 5) is 32.5. The first-order valence-corrected chi connectivity index (χ1v) is 11.8. The van der Waals surface area contributed by atoms with Gasteiger partial charge in [0, 0.05) is 5.39 Å². The van der Waals surface area contributed by atoms with Crippen molar-refractivity contribution in [1.29, 1.82) is 0 Å². The van der Waals surface area contributed by atoms with Crippen LogP contribution in [0.2, 0.25) is 0 Å². The number of fused-ring (bicyclic) bond motifs is 1. The molecule has 34 heavy (non-hydrogen) atoms. The zero-order valence-electron chi connectivity index (χ0n) is 20.0. The zero-order valence-corrected chi connectivity index (χ0v) is 20.0. The standard InChI is InChI=1S/C27H35N5O2/c1-32(2)17-9-8-13-23(28)26(33)31-25(16-15-20-10-4-3-5-11-20)27(34)30-22-18-21-12-6-7-14-24(21)29-19-22/h3-7,10-12,14,18-19,23,25H,8-9,13,15-17,28H2,1-2H3,(H,30,34)(H,31,33)/t23-,25+/m0/s1. The number of benzene rings is 2. The Labute approximate surface area is 201 Å². The highest BCUT2D eigenvalue weighted by Crippen LogP contribution is 2.17. The van der Waals surface area contributed by atoms with E-state index in [1.54, 1.807) is 6.20 Å². The van der Waals surface area contributed by atoms with Crippen LogP contribution in [0.15, 0.2) is 66.9 Å². The van der Waals surface area contributed by atoms with E-state index in [4.69, 9.17) is 5.73 Å². The lowest BCUT2D eigenvalue weighted by Gasteiger charge is -2.21. The lowest BCUT2D eigenvalue weighted by Crippen LogP contribution is -2.50. The van der Waals surface area contributed by atoms with Gasteiger partial charge in [-0.25, -0.2) is 0 Å². The van der Waals surface area contributed by atoms with Crippen LogP contribution >= 0.6 is 0 Å². The highest BCUT2D eigenvalue weighted by Gasteiger charge is 2.24. The molecule has 2 amide bonds. The topological polar surface area (TPSA) is 100 Å². The fraction of sp³-hybridized carbons (Fsp3) is 0.370. The molecule has 0 aliphatic rings. The third-order valence-corrected chi connectivity index (χ3v) is 5.76. The van der Waals surface area contributed by atoms with Crippen molar-refractivity contribution in [2.24, 2.45) is 5.73 Å². The summed E-state index contributed by atoms with van der Waals surface area (Å²) in [7, 11) is 4.04. The van der Waals surface area contributed by atoms with Crippen LogP contribution in [0, 0.1) is 0 Å². The van der Waals surface area contributed by atoms with Crippen LogP contribution in [-0.4, -0.2) is 54.4 Å². The molecule has 0 aliphatic heterocycles. The van der Waals surface area contributed by atoms with Crippen molar-refractivity contribution in [3.05, 3.63) is 72.4 Å². The highest BCUT2D eigenvalue weighted by atomic mass is 16.2. The monoisotopic (exact) mass is 461 g/mol. The second-order valence-electron chi connectivity index (χ2n) is 8.90. The molecule has 0 saturated heterocycles. The third kappa shape index (κ3) is 7.93. The number of carbonyl (C=O) groups excluding carboxylic acids is 2. The highest BCUT2D eigenvalue weighted by molar-refractivity contribution is 5.98. The molecule has 180 valence electrons. The molecule has 0 spiro atoms. The number of nitrogens with two attached hydrogens (primary N) is 1. The van der Waals surface area contributed by atoms with Crippen molar-refractivity contribution in [1.82, 2.24) is 15.2 Å². The number of para-hydroxylation sites is 1. The molecular formula is C27H35N5O2. The van der Waals surface area contributed by atoms with Crippen LogP contribution in [0.1, 0.15) is 31.2 Å². The predicted molar refractivity (Wildman–Crippen MR) is 137 cm³/mol. The number of nitrogens with one attached hydrogen (secondary N) is 2. The number of hydrogen-bond donors (Lipinski definition) is 3. The summed E-state index contributed by atoms with van der Waals surface area (Å²) in [6.07, 6.45) is 5.18. The van der Waals surface area contributed by atoms with E-state index in [0.29, 0.717) is 24.9 Å². The first kappa shape index (κ1) is 25.3. The summed E-state index contributed by atoms with van der Waals surface area (Å²) in [5, 5.41) is 6.74. The molecule has 3 aromatic rings. The Balaban J connectivity index is 1.64. The summed E-state index contributed by atoms with van der Waals surface area (Å²) in [6.45, 7) is 0.955. The summed E-state index contributed by atoms with van der Waals surface area (Å²) in [5.74, 6) is -0.573. The average molecular weight is 462 g/mol. The Kier molecular flexibility index (Phi) is 9.55. The van der Waals surface area contributed by atoms with Gasteiger partial charge >= 0.3 is 0 Å². The molecule has 2 atom stereocenters. The van der Waals surface area contributed by atoms with E-state index in [9.17, 15) is 9.59 Å². The van der Waals surface area contributed by atoms with E-state index in [-0.39, 0.29) is 11.8 Å². The summed E-state index contributed by atoms with van der Waals surface area (Å²) >= 11 is 0. The normalized spacial score (nSPS) is 12.9. The first-order valence-electron chi connectivity index (χ1n) is 11.8. The van der Waals surface area contributed by atoms with Crippen molar-refractivity contribution in [2.75, 3.05) is 26.0 Å². The molecule has 0 unspecified atom stereocenters. The number of aryl methyl sites for hydroxylation is 1. The van der Waals surface area contributed by atoms with Gasteiger partial charge in [-0.3, -0.25) is 14.6 Å². The third-order valence-electron chi connectivity index (χ3n) is 5.76. The SMILES string of the molecule is CN(C)CCCC[C@H](N)C(=O)N[C@H](CCc1ccccc1)C(=O)Nc1cnc2ccccc2c1. The molecule has 0 aliphatic carbocycles. The zero-order chi connectivity index (χ0) is 24.3. The van der Waals surface area contributed by atoms with Gasteiger partial charge in [0.25, 0.3) is 0 Å². The quantitative estimate of drug-likeness (QED) is 0.359. The van der Waals surface area contributed by atoms with Crippen LogP contribution in [-0.2, 0) is 16.0 Å². The van der Waals surface area contributed by atoms with Crippen molar-refractivity contribution < 1.29 is 9.59 Å². The van der Waals surface area contributed by atoms with Crippen LogP contribution in [0.25, 0.3) is 10.9 Å². The van der Waals surface area contributed by atoms with Crippen molar-refractivity contribution in [3.8, 4) is 0 Å². The summed E-state index contributed by atoms with van der Waals surface area (Å²) in [6, 6.07) is 18.2. The van der Waals surface area contributed by atoms with Gasteiger partial charge in [-0.05, 0) is 64.0 Å². The van der Waals surface area contributed by atoms with Crippen molar-refractivity contribution in [2.45, 2.75) is 44.2 Å². The number of hydrogen-bond acceptors (Lipinski definition) is 5. The van der Waals surface area contributed by atoms with Crippen molar-refractivity contribution >= 4 is 28.4 Å². The molecule has 0 radical (unpaired) electrons. The molecule has 1 aromatic heterocycles. The maximum atomic E-state index is 13.2. The Morgan fingerprint density at radius 3 is 2.47 bits per heavy atom. The number of anilines is 1. The Bertz CT molecular complexity index is 1070. The largest absolute Gasteiger partial charge is 0.343 e. The smallest absolute Gasteiger partial charge is 0.247 e. The minimum Gasteiger partial charge on any atom is -0.343 e. The number of carbonyl (C=O) groups is 2. The molecule has 2 aromatic carbocycles. The molecule has 3 rings (SSSR count). The van der Waals surface area contributed by atoms with Crippen LogP contribution in [0.3, 0.4) is 0 Å². The van der Waals surface area contributed by atoms with Gasteiger partial charge in [-0.15, -0.1) is 0 Å². The lowest BCUT2D eigenvalue weighted by atomic mass is 10.0. The van der Waals surface area contributed by atoms with Gasteiger partial charge in [-0.1, -0.05) is 55.0 Å². The molecule has 7 heteroatoms. The number of unbranched alkanes of at least 4 members (excludes halogenated alkanes) is 1. The Hall–Kier alpha value is -3.29. The van der Waals surface area contributed by atoms with Crippen LogP contribution < -0.4 is 16.4 Å². The molecule has 7 nitrogen and oxygen atoms in total. The Morgan fingerprint density at radius 2 is 1.71 bits per heavy atom. The van der Waals surface area contributed by atoms with Gasteiger partial charge in [-0.2, -0.15) is 0 Å². The van der Waals surface area contributed by atoms with Gasteiger partial charge in [0.05, 0.1) is 23.4 Å². The maximum absolute atomic E-state index is 13.2. The Morgan fingerprint density at radius 1 is 0.971 bits per heavy atom. The second kappa shape index (κ2) is 12.8. The maximum Gasteiger partial charge on any atom is 0.247 e. The van der Waals surface area contributed by atoms with Gasteiger partial charge in [0.15, 0.2) is 0 Å². The summed E-state index contributed by atoms with van der Waals surface area (Å²) in [5.41, 5.74) is 8.69. The average Bonchev–Trinajstić information content (AvgIpc) is 2.84. The number of pyridine rings is 1. The van der Waals surface area contributed by atoms with Gasteiger partial charge in [0.2, 0.25) is 11.8 Å². The van der Waals surface area contributed by atoms with E-state index in [1.807, 2.05) is 74.8 Å². The molecule has 0 fully saturated rings. The molecule has 0 saturated carbocycles. The van der Waals surface area contributed by atoms with E-state index >= 15 is 0 Å². The minimum atomic E-state index is -0.702. The summed E-state index contributed by atoms with van der Waals surface area (Å²) < 4.78 is 0. The molecule has 4 N–H and O–H groups in total. The molecule has 0 bridgehead atoms. The number of amides is 2. The fourth-order valence-corrected chi connectivity index (χ4v) is 3.80. The number of rotatable bonds is 12. The number of aromatic nitrogens is 1. The molecular weight excluding hydrogens is 426 g/mol. The van der Waals surface area contributed by atoms with E-state index in [1.165, 1.54) is 0 Å². The van der Waals surface area contributed by atoms with Crippen LogP contribution in [0.4, 0.5) is 5.69 Å². The van der Waals surface area contributed by atoms with Gasteiger partial charge in [0.1, 0.15) is 6.04 Å². The predicted octanol–water partition coefficient (Wildman–Crippen LogP) is 3.35. The minimum absolute atomic E-state index is 0.277. The first-order chi connectivity index (χ1) is 16.4. The second-order valence-corrected chi connectivity index (χ2v) is 8.90. The van der Waals surface area contributed by atoms with Crippen LogP contribution in [0.5, 0.6) is 0 Å².